The van der Waals surface area contributed by atoms with Crippen molar-refractivity contribution < 1.29 is 9.72 Å². The van der Waals surface area contributed by atoms with E-state index in [1.165, 1.54) is 17.4 Å². The lowest BCUT2D eigenvalue weighted by Gasteiger charge is -2.34. The fourth-order valence-corrected chi connectivity index (χ4v) is 4.62. The number of benzene rings is 2. The molecule has 0 spiro atoms. The second-order valence-electron chi connectivity index (χ2n) is 7.29. The van der Waals surface area contributed by atoms with Crippen LogP contribution in [0.25, 0.3) is 0 Å². The van der Waals surface area contributed by atoms with Gasteiger partial charge in [0.05, 0.1) is 16.3 Å². The molecule has 1 aromatic heterocycles. The van der Waals surface area contributed by atoms with Crippen LogP contribution in [0.2, 0.25) is 0 Å². The second kappa shape index (κ2) is 8.62. The number of para-hydroxylation sites is 3. The van der Waals surface area contributed by atoms with Crippen LogP contribution in [0.15, 0.2) is 60.0 Å². The summed E-state index contributed by atoms with van der Waals surface area (Å²) in [6.07, 6.45) is 1.27. The van der Waals surface area contributed by atoms with E-state index in [1.807, 2.05) is 53.6 Å². The molecule has 8 heteroatoms. The standard InChI is InChI=1S/C22H22N4O3S/c1-16-15-30-22(23-16)25(18-7-3-2-4-8-18)21(27)17-11-13-24(14-12-17)19-9-5-6-10-20(19)26(28)29/h2-10,15,17H,11-14H2,1H3. The Morgan fingerprint density at radius 1 is 1.13 bits per heavy atom. The number of nitrogens with zero attached hydrogens (tertiary/aromatic N) is 4. The van der Waals surface area contributed by atoms with Crippen molar-refractivity contribution in [1.82, 2.24) is 4.98 Å². The predicted molar refractivity (Wildman–Crippen MR) is 118 cm³/mol. The van der Waals surface area contributed by atoms with Gasteiger partial charge in [0.2, 0.25) is 5.91 Å². The molecule has 30 heavy (non-hydrogen) atoms. The van der Waals surface area contributed by atoms with Crippen LogP contribution in [0.4, 0.5) is 22.2 Å². The lowest BCUT2D eigenvalue weighted by atomic mass is 9.94. The Kier molecular flexibility index (Phi) is 5.76. The SMILES string of the molecule is Cc1csc(N(C(=O)C2CCN(c3ccccc3[N+](=O)[O-])CC2)c2ccccc2)n1. The highest BCUT2D eigenvalue weighted by molar-refractivity contribution is 7.14. The van der Waals surface area contributed by atoms with Gasteiger partial charge in [0.15, 0.2) is 5.13 Å². The van der Waals surface area contributed by atoms with E-state index in [0.717, 1.165) is 11.4 Å². The fourth-order valence-electron chi connectivity index (χ4n) is 3.79. The zero-order valence-corrected chi connectivity index (χ0v) is 17.4. The second-order valence-corrected chi connectivity index (χ2v) is 8.12. The molecule has 1 amide bonds. The lowest BCUT2D eigenvalue weighted by molar-refractivity contribution is -0.384. The summed E-state index contributed by atoms with van der Waals surface area (Å²) in [6.45, 7) is 3.11. The molecule has 0 atom stereocenters. The van der Waals surface area contributed by atoms with Crippen molar-refractivity contribution in [1.29, 1.82) is 0 Å². The first-order valence-corrected chi connectivity index (χ1v) is 10.7. The van der Waals surface area contributed by atoms with E-state index < -0.39 is 0 Å². The van der Waals surface area contributed by atoms with Gasteiger partial charge < -0.3 is 4.90 Å². The molecule has 0 saturated carbocycles. The Labute approximate surface area is 178 Å². The molecular formula is C22H22N4O3S. The van der Waals surface area contributed by atoms with Crippen molar-refractivity contribution in [2.24, 2.45) is 5.92 Å². The van der Waals surface area contributed by atoms with Crippen molar-refractivity contribution in [3.63, 3.8) is 0 Å². The van der Waals surface area contributed by atoms with Crippen molar-refractivity contribution in [2.45, 2.75) is 19.8 Å². The summed E-state index contributed by atoms with van der Waals surface area (Å²) in [4.78, 5) is 32.7. The third-order valence-corrected chi connectivity index (χ3v) is 6.24. The van der Waals surface area contributed by atoms with E-state index in [-0.39, 0.29) is 22.4 Å². The summed E-state index contributed by atoms with van der Waals surface area (Å²) in [5.41, 5.74) is 2.41. The van der Waals surface area contributed by atoms with Crippen LogP contribution in [0.3, 0.4) is 0 Å². The van der Waals surface area contributed by atoms with Gasteiger partial charge in [-0.2, -0.15) is 0 Å². The minimum absolute atomic E-state index is 0.0257. The minimum atomic E-state index is -0.353. The summed E-state index contributed by atoms with van der Waals surface area (Å²) in [5.74, 6) is -0.133. The molecule has 3 aromatic rings. The van der Waals surface area contributed by atoms with E-state index in [4.69, 9.17) is 0 Å². The zero-order chi connectivity index (χ0) is 21.1. The maximum Gasteiger partial charge on any atom is 0.292 e. The Balaban J connectivity index is 1.53. The molecule has 0 N–H and O–H groups in total. The molecule has 1 aliphatic heterocycles. The van der Waals surface area contributed by atoms with E-state index in [2.05, 4.69) is 4.98 Å². The molecule has 0 unspecified atom stereocenters. The summed E-state index contributed by atoms with van der Waals surface area (Å²) >= 11 is 1.46. The number of hydrogen-bond donors (Lipinski definition) is 0. The molecule has 1 saturated heterocycles. The number of thiazole rings is 1. The van der Waals surface area contributed by atoms with Gasteiger partial charge in [-0.15, -0.1) is 11.3 Å². The molecule has 1 aliphatic rings. The van der Waals surface area contributed by atoms with Crippen molar-refractivity contribution in [3.8, 4) is 0 Å². The Bertz CT molecular complexity index is 1050. The summed E-state index contributed by atoms with van der Waals surface area (Å²) in [7, 11) is 0. The molecule has 154 valence electrons. The molecule has 0 bridgehead atoms. The highest BCUT2D eigenvalue weighted by Crippen LogP contribution is 2.35. The number of hydrogen-bond acceptors (Lipinski definition) is 6. The van der Waals surface area contributed by atoms with Crippen molar-refractivity contribution in [3.05, 3.63) is 75.8 Å². The molecule has 2 heterocycles. The predicted octanol–water partition coefficient (Wildman–Crippen LogP) is 4.94. The number of rotatable bonds is 5. The van der Waals surface area contributed by atoms with E-state index >= 15 is 0 Å². The molecule has 0 aliphatic carbocycles. The van der Waals surface area contributed by atoms with Crippen LogP contribution in [-0.4, -0.2) is 28.9 Å². The average molecular weight is 423 g/mol. The Hall–Kier alpha value is -3.26. The number of nitro groups is 1. The van der Waals surface area contributed by atoms with E-state index in [0.29, 0.717) is 36.8 Å². The number of nitro benzene ring substituents is 1. The quantitative estimate of drug-likeness (QED) is 0.430. The largest absolute Gasteiger partial charge is 0.366 e. The van der Waals surface area contributed by atoms with E-state index in [1.54, 1.807) is 17.0 Å². The molecule has 1 fully saturated rings. The third kappa shape index (κ3) is 4.04. The number of amides is 1. The average Bonchev–Trinajstić information content (AvgIpc) is 3.20. The maximum atomic E-state index is 13.5. The number of aromatic nitrogens is 1. The highest BCUT2D eigenvalue weighted by Gasteiger charge is 2.32. The number of piperidine rings is 1. The summed E-state index contributed by atoms with van der Waals surface area (Å²) in [5, 5.41) is 14.0. The van der Waals surface area contributed by atoms with Crippen LogP contribution < -0.4 is 9.80 Å². The van der Waals surface area contributed by atoms with Gasteiger partial charge in [-0.1, -0.05) is 30.3 Å². The molecule has 4 rings (SSSR count). The fraction of sp³-hybridized carbons (Fsp3) is 0.273. The van der Waals surface area contributed by atoms with Crippen LogP contribution >= 0.6 is 11.3 Å². The molecule has 0 radical (unpaired) electrons. The van der Waals surface area contributed by atoms with Crippen LogP contribution in [0.5, 0.6) is 0 Å². The highest BCUT2D eigenvalue weighted by atomic mass is 32.1. The van der Waals surface area contributed by atoms with Crippen molar-refractivity contribution >= 4 is 39.4 Å². The maximum absolute atomic E-state index is 13.5. The van der Waals surface area contributed by atoms with Crippen LogP contribution in [0, 0.1) is 23.0 Å². The summed E-state index contributed by atoms with van der Waals surface area (Å²) in [6, 6.07) is 16.3. The minimum Gasteiger partial charge on any atom is -0.366 e. The number of carbonyl (C=O) groups excluding carboxylic acids is 1. The first-order chi connectivity index (χ1) is 14.5. The number of anilines is 3. The third-order valence-electron chi connectivity index (χ3n) is 5.30. The Morgan fingerprint density at radius 2 is 1.80 bits per heavy atom. The summed E-state index contributed by atoms with van der Waals surface area (Å²) < 4.78 is 0. The van der Waals surface area contributed by atoms with E-state index in [9.17, 15) is 14.9 Å². The number of carbonyl (C=O) groups is 1. The molecular weight excluding hydrogens is 400 g/mol. The Morgan fingerprint density at radius 3 is 2.43 bits per heavy atom. The van der Waals surface area contributed by atoms with Gasteiger partial charge in [-0.05, 0) is 38.0 Å². The zero-order valence-electron chi connectivity index (χ0n) is 16.6. The normalized spacial score (nSPS) is 14.5. The van der Waals surface area contributed by atoms with Gasteiger partial charge in [0.1, 0.15) is 5.69 Å². The first-order valence-electron chi connectivity index (χ1n) is 9.84. The monoisotopic (exact) mass is 422 g/mol. The smallest absolute Gasteiger partial charge is 0.292 e. The topological polar surface area (TPSA) is 79.6 Å². The molecule has 7 nitrogen and oxygen atoms in total. The van der Waals surface area contributed by atoms with Gasteiger partial charge in [0, 0.05) is 30.5 Å². The molecule has 2 aromatic carbocycles. The van der Waals surface area contributed by atoms with Gasteiger partial charge in [-0.25, -0.2) is 4.98 Å². The first kappa shape index (κ1) is 20.0. The van der Waals surface area contributed by atoms with Gasteiger partial charge in [0.25, 0.3) is 5.69 Å². The van der Waals surface area contributed by atoms with Gasteiger partial charge in [-0.3, -0.25) is 19.8 Å². The van der Waals surface area contributed by atoms with Crippen LogP contribution in [0.1, 0.15) is 18.5 Å². The number of aryl methyl sites for hydroxylation is 1. The van der Waals surface area contributed by atoms with Gasteiger partial charge >= 0.3 is 0 Å². The van der Waals surface area contributed by atoms with Crippen molar-refractivity contribution in [2.75, 3.05) is 22.9 Å². The van der Waals surface area contributed by atoms with Crippen LogP contribution in [-0.2, 0) is 4.79 Å². The lowest BCUT2D eigenvalue weighted by Crippen LogP contribution is -2.41.